The summed E-state index contributed by atoms with van der Waals surface area (Å²) in [6.07, 6.45) is 1.92. The Morgan fingerprint density at radius 1 is 0.967 bits per heavy atom. The number of likely N-dealkylation sites (N-methyl/N-ethyl adjacent to an activating group) is 1. The Bertz CT molecular complexity index is 1130. The number of carbonyl (C=O) groups is 1. The molecule has 1 aliphatic heterocycles. The molecule has 0 radical (unpaired) electrons. The van der Waals surface area contributed by atoms with Gasteiger partial charge in [0.2, 0.25) is 0 Å². The molecule has 0 N–H and O–H groups in total. The van der Waals surface area contributed by atoms with E-state index in [0.717, 1.165) is 32.5 Å². The molecular formula is C23H20N2O3S2. The molecule has 0 aliphatic carbocycles. The molecule has 1 amide bonds. The molecule has 1 aliphatic rings. The minimum absolute atomic E-state index is 0.0522. The first-order valence-corrected chi connectivity index (χ1v) is 10.9. The van der Waals surface area contributed by atoms with Crippen LogP contribution >= 0.6 is 23.1 Å². The van der Waals surface area contributed by atoms with E-state index < -0.39 is 0 Å². The Balaban J connectivity index is 1.56. The number of amidine groups is 1. The molecule has 152 valence electrons. The first-order valence-electron chi connectivity index (χ1n) is 9.22. The fraction of sp³-hybridized carbons (Fsp3) is 0.130. The van der Waals surface area contributed by atoms with Crippen LogP contribution in [0, 0.1) is 0 Å². The highest BCUT2D eigenvalue weighted by Gasteiger charge is 2.30. The molecule has 0 spiro atoms. The largest absolute Gasteiger partial charge is 0.497 e. The molecule has 3 aromatic rings. The summed E-state index contributed by atoms with van der Waals surface area (Å²) in [5.41, 5.74) is 1.86. The van der Waals surface area contributed by atoms with E-state index in [1.165, 1.54) is 11.8 Å². The lowest BCUT2D eigenvalue weighted by Gasteiger charge is -2.07. The van der Waals surface area contributed by atoms with Gasteiger partial charge in [0.15, 0.2) is 5.17 Å². The molecule has 4 rings (SSSR count). The zero-order valence-corrected chi connectivity index (χ0v) is 18.4. The van der Waals surface area contributed by atoms with E-state index in [4.69, 9.17) is 9.47 Å². The van der Waals surface area contributed by atoms with Crippen molar-refractivity contribution in [1.82, 2.24) is 4.90 Å². The van der Waals surface area contributed by atoms with E-state index in [9.17, 15) is 4.79 Å². The number of benzene rings is 2. The van der Waals surface area contributed by atoms with Gasteiger partial charge in [0, 0.05) is 16.8 Å². The van der Waals surface area contributed by atoms with Crippen LogP contribution in [0.1, 0.15) is 4.88 Å². The van der Waals surface area contributed by atoms with Gasteiger partial charge in [-0.05, 0) is 71.9 Å². The smallest absolute Gasteiger partial charge is 0.266 e. The van der Waals surface area contributed by atoms with Crippen LogP contribution in [0.5, 0.6) is 11.5 Å². The highest BCUT2D eigenvalue weighted by atomic mass is 32.2. The van der Waals surface area contributed by atoms with Crippen molar-refractivity contribution in [2.24, 2.45) is 4.99 Å². The second-order valence-electron chi connectivity index (χ2n) is 6.50. The zero-order chi connectivity index (χ0) is 21.1. The fourth-order valence-corrected chi connectivity index (χ4v) is 4.91. The number of ether oxygens (including phenoxy) is 2. The lowest BCUT2D eigenvalue weighted by atomic mass is 10.2. The minimum atomic E-state index is -0.0522. The third-order valence-electron chi connectivity index (χ3n) is 4.56. The third kappa shape index (κ3) is 4.27. The van der Waals surface area contributed by atoms with Crippen molar-refractivity contribution in [3.05, 3.63) is 70.4 Å². The van der Waals surface area contributed by atoms with Gasteiger partial charge >= 0.3 is 0 Å². The number of hydrogen-bond donors (Lipinski definition) is 0. The Hall–Kier alpha value is -3.03. The second kappa shape index (κ2) is 8.77. The average Bonchev–Trinajstić information content (AvgIpc) is 3.35. The van der Waals surface area contributed by atoms with Crippen LogP contribution < -0.4 is 9.47 Å². The summed E-state index contributed by atoms with van der Waals surface area (Å²) >= 11 is 3.02. The maximum Gasteiger partial charge on any atom is 0.266 e. The first-order chi connectivity index (χ1) is 14.6. The number of carbonyl (C=O) groups excluding carboxylic acids is 1. The highest BCUT2D eigenvalue weighted by molar-refractivity contribution is 8.18. The molecule has 30 heavy (non-hydrogen) atoms. The molecule has 5 nitrogen and oxygen atoms in total. The van der Waals surface area contributed by atoms with E-state index in [2.05, 4.69) is 11.1 Å². The molecule has 0 saturated carbocycles. The number of nitrogens with zero attached hydrogens (tertiary/aromatic N) is 2. The van der Waals surface area contributed by atoms with Crippen LogP contribution in [-0.4, -0.2) is 37.2 Å². The quantitative estimate of drug-likeness (QED) is 0.484. The predicted molar refractivity (Wildman–Crippen MR) is 125 cm³/mol. The second-order valence-corrected chi connectivity index (χ2v) is 8.63. The van der Waals surface area contributed by atoms with Gasteiger partial charge in [-0.25, -0.2) is 4.99 Å². The van der Waals surface area contributed by atoms with Crippen molar-refractivity contribution in [3.63, 3.8) is 0 Å². The number of thiophene rings is 1. The number of rotatable bonds is 5. The fourth-order valence-electron chi connectivity index (χ4n) is 2.91. The SMILES string of the molecule is COc1ccc(N=C2SC(=Cc3ccc(-c4cccc(OC)c4)s3)C(=O)N2C)cc1. The van der Waals surface area contributed by atoms with Gasteiger partial charge in [-0.2, -0.15) is 0 Å². The van der Waals surface area contributed by atoms with Gasteiger partial charge in [0.1, 0.15) is 11.5 Å². The van der Waals surface area contributed by atoms with E-state index in [0.29, 0.717) is 10.1 Å². The normalized spacial score (nSPS) is 16.5. The van der Waals surface area contributed by atoms with Crippen molar-refractivity contribution < 1.29 is 14.3 Å². The molecule has 1 fully saturated rings. The average molecular weight is 437 g/mol. The topological polar surface area (TPSA) is 51.1 Å². The van der Waals surface area contributed by atoms with Crippen LogP contribution in [-0.2, 0) is 4.79 Å². The summed E-state index contributed by atoms with van der Waals surface area (Å²) in [7, 11) is 5.03. The number of amides is 1. The summed E-state index contributed by atoms with van der Waals surface area (Å²) in [6, 6.07) is 19.5. The van der Waals surface area contributed by atoms with Crippen molar-refractivity contribution >= 4 is 45.9 Å². The molecule has 0 bridgehead atoms. The van der Waals surface area contributed by atoms with E-state index >= 15 is 0 Å². The van der Waals surface area contributed by atoms with E-state index in [1.54, 1.807) is 37.5 Å². The molecule has 1 aromatic heterocycles. The third-order valence-corrected chi connectivity index (χ3v) is 6.70. The van der Waals surface area contributed by atoms with Gasteiger partial charge < -0.3 is 9.47 Å². The Morgan fingerprint density at radius 2 is 1.73 bits per heavy atom. The first kappa shape index (κ1) is 20.3. The maximum atomic E-state index is 12.7. The summed E-state index contributed by atoms with van der Waals surface area (Å²) < 4.78 is 10.5. The Labute approximate surface area is 183 Å². The molecule has 0 atom stereocenters. The molecular weight excluding hydrogens is 416 g/mol. The molecule has 7 heteroatoms. The van der Waals surface area contributed by atoms with Gasteiger partial charge in [0.05, 0.1) is 24.8 Å². The van der Waals surface area contributed by atoms with Crippen molar-refractivity contribution in [1.29, 1.82) is 0 Å². The van der Waals surface area contributed by atoms with Crippen LogP contribution in [0.4, 0.5) is 5.69 Å². The summed E-state index contributed by atoms with van der Waals surface area (Å²) in [4.78, 5) is 21.7. The van der Waals surface area contributed by atoms with E-state index in [-0.39, 0.29) is 5.91 Å². The van der Waals surface area contributed by atoms with Crippen molar-refractivity contribution in [3.8, 4) is 21.9 Å². The Morgan fingerprint density at radius 3 is 2.47 bits per heavy atom. The molecule has 2 aromatic carbocycles. The van der Waals surface area contributed by atoms with Gasteiger partial charge in [-0.15, -0.1) is 11.3 Å². The van der Waals surface area contributed by atoms with E-state index in [1.807, 2.05) is 60.7 Å². The molecule has 1 saturated heterocycles. The number of thioether (sulfide) groups is 1. The van der Waals surface area contributed by atoms with Gasteiger partial charge in [0.25, 0.3) is 5.91 Å². The predicted octanol–water partition coefficient (Wildman–Crippen LogP) is 5.67. The lowest BCUT2D eigenvalue weighted by molar-refractivity contribution is -0.121. The lowest BCUT2D eigenvalue weighted by Crippen LogP contribution is -2.23. The van der Waals surface area contributed by atoms with Crippen molar-refractivity contribution in [2.45, 2.75) is 0 Å². The minimum Gasteiger partial charge on any atom is -0.497 e. The zero-order valence-electron chi connectivity index (χ0n) is 16.8. The van der Waals surface area contributed by atoms with Crippen LogP contribution in [0.25, 0.3) is 16.5 Å². The van der Waals surface area contributed by atoms with Crippen LogP contribution in [0.2, 0.25) is 0 Å². The van der Waals surface area contributed by atoms with Crippen LogP contribution in [0.3, 0.4) is 0 Å². The number of methoxy groups -OCH3 is 2. The van der Waals surface area contributed by atoms with Gasteiger partial charge in [-0.3, -0.25) is 9.69 Å². The summed E-state index contributed by atoms with van der Waals surface area (Å²) in [5, 5.41) is 0.654. The highest BCUT2D eigenvalue weighted by Crippen LogP contribution is 2.36. The monoisotopic (exact) mass is 436 g/mol. The summed E-state index contributed by atoms with van der Waals surface area (Å²) in [6.45, 7) is 0. The standard InChI is InChI=1S/C23H20N2O3S2/c1-25-22(26)21(30-23(25)24-16-7-9-17(27-2)10-8-16)14-19-11-12-20(29-19)15-5-4-6-18(13-15)28-3/h4-14H,1-3H3. The number of hydrogen-bond acceptors (Lipinski definition) is 6. The van der Waals surface area contributed by atoms with Crippen LogP contribution in [0.15, 0.2) is 70.6 Å². The Kier molecular flexibility index (Phi) is 5.92. The maximum absolute atomic E-state index is 12.7. The van der Waals surface area contributed by atoms with Gasteiger partial charge in [-0.1, -0.05) is 12.1 Å². The molecule has 0 unspecified atom stereocenters. The summed E-state index contributed by atoms with van der Waals surface area (Å²) in [5.74, 6) is 1.54. The molecule has 2 heterocycles. The number of aliphatic imine (C=N–C) groups is 1. The van der Waals surface area contributed by atoms with Crippen molar-refractivity contribution in [2.75, 3.05) is 21.3 Å².